The maximum Gasteiger partial charge on any atom is 0.0485 e. The number of para-hydroxylation sites is 1. The van der Waals surface area contributed by atoms with Gasteiger partial charge in [-0.05, 0) is 49.8 Å². The van der Waals surface area contributed by atoms with Crippen LogP contribution in [0, 0.1) is 5.92 Å². The summed E-state index contributed by atoms with van der Waals surface area (Å²) >= 11 is 0. The lowest BCUT2D eigenvalue weighted by molar-refractivity contribution is 0.534. The lowest BCUT2D eigenvalue weighted by atomic mass is 10.0. The zero-order chi connectivity index (χ0) is 12.1. The number of nitrogens with two attached hydrogens (primary N) is 1. The van der Waals surface area contributed by atoms with Crippen LogP contribution < -0.4 is 5.73 Å². The highest BCUT2D eigenvalue weighted by atomic mass is 15.0. The van der Waals surface area contributed by atoms with Gasteiger partial charge in [-0.2, -0.15) is 0 Å². The van der Waals surface area contributed by atoms with E-state index in [1.165, 1.54) is 30.3 Å². The molecule has 0 amide bonds. The molecule has 1 aliphatic carbocycles. The number of aryl methyl sites for hydroxylation is 2. The molecule has 2 N–H and O–H groups in total. The Morgan fingerprint density at radius 1 is 1.28 bits per heavy atom. The third-order valence-corrected chi connectivity index (χ3v) is 4.75. The fourth-order valence-electron chi connectivity index (χ4n) is 3.80. The first-order valence-corrected chi connectivity index (χ1v) is 7.20. The van der Waals surface area contributed by atoms with E-state index in [9.17, 15) is 0 Å². The van der Waals surface area contributed by atoms with Crippen LogP contribution in [0.5, 0.6) is 0 Å². The van der Waals surface area contributed by atoms with Crippen molar-refractivity contribution in [2.45, 2.75) is 38.1 Å². The summed E-state index contributed by atoms with van der Waals surface area (Å²) in [6, 6.07) is 8.92. The quantitative estimate of drug-likeness (QED) is 0.878. The van der Waals surface area contributed by atoms with Crippen molar-refractivity contribution in [3.63, 3.8) is 0 Å². The van der Waals surface area contributed by atoms with Crippen molar-refractivity contribution >= 4 is 10.9 Å². The normalized spacial score (nSPS) is 24.9. The van der Waals surface area contributed by atoms with Crippen LogP contribution >= 0.6 is 0 Å². The maximum atomic E-state index is 5.70. The first-order chi connectivity index (χ1) is 8.90. The molecule has 2 heterocycles. The highest BCUT2D eigenvalue weighted by Crippen LogP contribution is 2.55. The molecule has 0 bridgehead atoms. The summed E-state index contributed by atoms with van der Waals surface area (Å²) in [7, 11) is 0. The van der Waals surface area contributed by atoms with Gasteiger partial charge in [0.25, 0.3) is 0 Å². The average molecular weight is 240 g/mol. The molecule has 1 aromatic carbocycles. The largest absolute Gasteiger partial charge is 0.344 e. The second kappa shape index (κ2) is 3.86. The van der Waals surface area contributed by atoms with E-state index in [1.54, 1.807) is 11.3 Å². The summed E-state index contributed by atoms with van der Waals surface area (Å²) in [4.78, 5) is 0. The molecule has 2 atom stereocenters. The fraction of sp³-hybridized carbons (Fsp3) is 0.500. The third-order valence-electron chi connectivity index (χ3n) is 4.75. The lowest BCUT2D eigenvalue weighted by Crippen LogP contribution is -2.10. The van der Waals surface area contributed by atoms with Gasteiger partial charge in [-0.15, -0.1) is 0 Å². The number of benzene rings is 1. The number of nitrogens with zero attached hydrogens (tertiary/aromatic N) is 1. The zero-order valence-corrected chi connectivity index (χ0v) is 10.7. The minimum Gasteiger partial charge on any atom is -0.344 e. The molecule has 2 nitrogen and oxygen atoms in total. The van der Waals surface area contributed by atoms with E-state index >= 15 is 0 Å². The molecule has 2 aliphatic rings. The van der Waals surface area contributed by atoms with Gasteiger partial charge in [0, 0.05) is 29.1 Å². The zero-order valence-electron chi connectivity index (χ0n) is 10.7. The molecule has 1 aliphatic heterocycles. The molecule has 4 rings (SSSR count). The van der Waals surface area contributed by atoms with Crippen LogP contribution in [0.2, 0.25) is 0 Å². The second-order valence-electron chi connectivity index (χ2n) is 5.82. The fourth-order valence-corrected chi connectivity index (χ4v) is 3.80. The van der Waals surface area contributed by atoms with E-state index in [0.717, 1.165) is 31.2 Å². The van der Waals surface area contributed by atoms with Crippen LogP contribution in [0.4, 0.5) is 0 Å². The number of rotatable bonds is 3. The minimum atomic E-state index is 0.799. The first kappa shape index (κ1) is 10.6. The standard InChI is InChI=1S/C16H20N2/c17-8-3-5-13-12-4-1-2-6-15(12)18-9-7-11-10-14(11)16(13)18/h1-2,4,6,11,14H,3,5,7-10,17H2. The van der Waals surface area contributed by atoms with Crippen molar-refractivity contribution in [1.82, 2.24) is 4.57 Å². The SMILES string of the molecule is NCCCc1c2n(c3ccccc13)CCC1CC21. The summed E-state index contributed by atoms with van der Waals surface area (Å²) < 4.78 is 2.59. The maximum absolute atomic E-state index is 5.70. The summed E-state index contributed by atoms with van der Waals surface area (Å²) in [5, 5.41) is 1.48. The number of fused-ring (bicyclic) bond motifs is 5. The van der Waals surface area contributed by atoms with E-state index in [0.29, 0.717) is 0 Å². The molecule has 0 saturated heterocycles. The van der Waals surface area contributed by atoms with Gasteiger partial charge in [0.1, 0.15) is 0 Å². The molecule has 1 saturated carbocycles. The topological polar surface area (TPSA) is 30.9 Å². The Balaban J connectivity index is 1.93. The Morgan fingerprint density at radius 2 is 2.17 bits per heavy atom. The summed E-state index contributed by atoms with van der Waals surface area (Å²) in [5.74, 6) is 1.84. The number of aromatic nitrogens is 1. The second-order valence-corrected chi connectivity index (χ2v) is 5.82. The van der Waals surface area contributed by atoms with Gasteiger partial charge in [0.05, 0.1) is 0 Å². The summed E-state index contributed by atoms with van der Waals surface area (Å²) in [6.07, 6.45) is 5.07. The van der Waals surface area contributed by atoms with Crippen LogP contribution in [0.3, 0.4) is 0 Å². The average Bonchev–Trinajstić information content (AvgIpc) is 3.13. The van der Waals surface area contributed by atoms with Gasteiger partial charge in [-0.3, -0.25) is 0 Å². The van der Waals surface area contributed by atoms with Crippen molar-refractivity contribution in [2.24, 2.45) is 11.7 Å². The first-order valence-electron chi connectivity index (χ1n) is 7.20. The predicted octanol–water partition coefficient (Wildman–Crippen LogP) is 3.04. The van der Waals surface area contributed by atoms with Gasteiger partial charge < -0.3 is 10.3 Å². The Labute approximate surface area is 108 Å². The van der Waals surface area contributed by atoms with E-state index in [4.69, 9.17) is 5.73 Å². The molecule has 2 heteroatoms. The van der Waals surface area contributed by atoms with Crippen LogP contribution in [0.1, 0.15) is 36.4 Å². The Bertz CT molecular complexity index is 596. The molecule has 2 unspecified atom stereocenters. The Kier molecular flexibility index (Phi) is 2.28. The van der Waals surface area contributed by atoms with Crippen LogP contribution in [0.15, 0.2) is 24.3 Å². The van der Waals surface area contributed by atoms with E-state index < -0.39 is 0 Å². The van der Waals surface area contributed by atoms with Crippen molar-refractivity contribution in [1.29, 1.82) is 0 Å². The predicted molar refractivity (Wildman–Crippen MR) is 74.8 cm³/mol. The van der Waals surface area contributed by atoms with E-state index in [2.05, 4.69) is 28.8 Å². The Morgan fingerprint density at radius 3 is 3.06 bits per heavy atom. The van der Waals surface area contributed by atoms with Crippen molar-refractivity contribution in [3.05, 3.63) is 35.5 Å². The smallest absolute Gasteiger partial charge is 0.0485 e. The minimum absolute atomic E-state index is 0.799. The van der Waals surface area contributed by atoms with Crippen LogP contribution in [-0.4, -0.2) is 11.1 Å². The molecule has 1 fully saturated rings. The van der Waals surface area contributed by atoms with Gasteiger partial charge in [-0.1, -0.05) is 18.2 Å². The monoisotopic (exact) mass is 240 g/mol. The number of hydrogen-bond acceptors (Lipinski definition) is 1. The van der Waals surface area contributed by atoms with Crippen molar-refractivity contribution < 1.29 is 0 Å². The molecule has 0 spiro atoms. The lowest BCUT2D eigenvalue weighted by Gasteiger charge is -2.17. The van der Waals surface area contributed by atoms with Gasteiger partial charge in [0.15, 0.2) is 0 Å². The van der Waals surface area contributed by atoms with Gasteiger partial charge in [0.2, 0.25) is 0 Å². The molecular formula is C16H20N2. The van der Waals surface area contributed by atoms with Crippen molar-refractivity contribution in [2.75, 3.05) is 6.54 Å². The highest BCUT2D eigenvalue weighted by molar-refractivity contribution is 5.86. The van der Waals surface area contributed by atoms with Crippen molar-refractivity contribution in [3.8, 4) is 0 Å². The summed E-state index contributed by atoms with van der Waals surface area (Å²) in [6.45, 7) is 2.02. The van der Waals surface area contributed by atoms with E-state index in [-0.39, 0.29) is 0 Å². The van der Waals surface area contributed by atoms with Crippen LogP contribution in [0.25, 0.3) is 10.9 Å². The highest BCUT2D eigenvalue weighted by Gasteiger charge is 2.44. The van der Waals surface area contributed by atoms with Gasteiger partial charge in [-0.25, -0.2) is 0 Å². The molecule has 0 radical (unpaired) electrons. The molecule has 94 valence electrons. The van der Waals surface area contributed by atoms with Crippen LogP contribution in [-0.2, 0) is 13.0 Å². The molecule has 2 aromatic rings. The Hall–Kier alpha value is -1.28. The molecule has 1 aromatic heterocycles. The molecular weight excluding hydrogens is 220 g/mol. The van der Waals surface area contributed by atoms with Gasteiger partial charge >= 0.3 is 0 Å². The molecule has 18 heavy (non-hydrogen) atoms. The third kappa shape index (κ3) is 1.39. The summed E-state index contributed by atoms with van der Waals surface area (Å²) in [5.41, 5.74) is 10.4. The van der Waals surface area contributed by atoms with E-state index in [1.807, 2.05) is 0 Å². The number of hydrogen-bond donors (Lipinski definition) is 1.